The number of nitrogens with zero attached hydrogens (tertiary/aromatic N) is 4. The van der Waals surface area contributed by atoms with Crippen LogP contribution in [-0.2, 0) is 20.0 Å². The summed E-state index contributed by atoms with van der Waals surface area (Å²) in [5, 5.41) is 40.4. The van der Waals surface area contributed by atoms with Gasteiger partial charge in [0.25, 0.3) is 31.4 Å². The van der Waals surface area contributed by atoms with Gasteiger partial charge in [-0.1, -0.05) is 0 Å². The predicted octanol–water partition coefficient (Wildman–Crippen LogP) is 4.41. The van der Waals surface area contributed by atoms with Crippen molar-refractivity contribution in [2.24, 2.45) is 0 Å². The first kappa shape index (κ1) is 34.0. The molecule has 4 aromatic rings. The third-order valence-corrected chi connectivity index (χ3v) is 10.3. The molecule has 0 unspecified atom stereocenters. The zero-order chi connectivity index (χ0) is 34.8. The highest BCUT2D eigenvalue weighted by Crippen LogP contribution is 2.33. The Bertz CT molecular complexity index is 2130. The Hall–Kier alpha value is -5.86. The number of benzene rings is 4. The molecule has 0 bridgehead atoms. The van der Waals surface area contributed by atoms with E-state index < -0.39 is 96.4 Å². The fourth-order valence-electron chi connectivity index (χ4n) is 4.03. The maximum atomic E-state index is 14.2. The molecule has 0 fully saturated rings. The number of thiocarbonyl (C=S) groups is 1. The van der Waals surface area contributed by atoms with E-state index >= 15 is 0 Å². The number of hydrogen-bond acceptors (Lipinski definition) is 11. The average Bonchev–Trinajstić information content (AvgIpc) is 3.01. The fourth-order valence-corrected chi connectivity index (χ4v) is 7.62. The number of carboxylic acid groups (broad SMARTS) is 2. The minimum atomic E-state index is -5.19. The summed E-state index contributed by atoms with van der Waals surface area (Å²) in [5.74, 6) is -4.26. The molecule has 0 aromatic heterocycles. The molecule has 0 aliphatic carbocycles. The number of aromatic carboxylic acids is 2. The van der Waals surface area contributed by atoms with Gasteiger partial charge in [-0.25, -0.2) is 39.4 Å². The van der Waals surface area contributed by atoms with E-state index in [1.54, 1.807) is 0 Å². The highest BCUT2D eigenvalue weighted by Gasteiger charge is 2.39. The van der Waals surface area contributed by atoms with Crippen molar-refractivity contribution in [3.63, 3.8) is 0 Å². The summed E-state index contributed by atoms with van der Waals surface area (Å²) >= 11 is 5.43. The molecule has 0 radical (unpaired) electrons. The number of hydrogen-bond donors (Lipinski definition) is 2. The second-order valence-electron chi connectivity index (χ2n) is 9.18. The summed E-state index contributed by atoms with van der Waals surface area (Å²) in [6.45, 7) is 0. The van der Waals surface area contributed by atoms with Crippen LogP contribution in [-0.4, -0.2) is 53.9 Å². The molecule has 0 saturated carbocycles. The lowest BCUT2D eigenvalue weighted by Crippen LogP contribution is -2.49. The van der Waals surface area contributed by atoms with Gasteiger partial charge in [-0.05, 0) is 78.9 Å². The average molecular weight is 705 g/mol. The molecule has 47 heavy (non-hydrogen) atoms. The normalized spacial score (nSPS) is 11.3. The van der Waals surface area contributed by atoms with Gasteiger partial charge in [0.1, 0.15) is 5.82 Å². The third kappa shape index (κ3) is 6.88. The number of non-ortho nitro benzene ring substituents is 2. The van der Waals surface area contributed by atoms with Crippen LogP contribution < -0.4 is 8.61 Å². The number of nitro benzene ring substituents is 2. The molecular formula is C27H17FN4O12S3. The van der Waals surface area contributed by atoms with E-state index in [-0.39, 0.29) is 8.61 Å². The molecule has 0 aliphatic heterocycles. The van der Waals surface area contributed by atoms with Crippen molar-refractivity contribution >= 4 is 72.1 Å². The Balaban J connectivity index is 2.06. The highest BCUT2D eigenvalue weighted by atomic mass is 32.2. The van der Waals surface area contributed by atoms with Crippen molar-refractivity contribution < 1.29 is 50.9 Å². The largest absolute Gasteiger partial charge is 0.478 e. The fraction of sp³-hybridized carbons (Fsp3) is 0. The smallest absolute Gasteiger partial charge is 0.335 e. The van der Waals surface area contributed by atoms with Crippen molar-refractivity contribution in [2.45, 2.75) is 9.79 Å². The van der Waals surface area contributed by atoms with Crippen LogP contribution in [0.4, 0.5) is 27.1 Å². The molecule has 0 aliphatic rings. The monoisotopic (exact) mass is 704 g/mol. The topological polar surface area (TPSA) is 236 Å². The first-order chi connectivity index (χ1) is 21.9. The highest BCUT2D eigenvalue weighted by molar-refractivity contribution is 7.98. The third-order valence-electron chi connectivity index (χ3n) is 6.23. The van der Waals surface area contributed by atoms with Crippen molar-refractivity contribution in [1.82, 2.24) is 0 Å². The van der Waals surface area contributed by atoms with Crippen LogP contribution in [0.2, 0.25) is 0 Å². The molecule has 0 atom stereocenters. The van der Waals surface area contributed by atoms with E-state index in [1.165, 1.54) is 0 Å². The van der Waals surface area contributed by atoms with Crippen molar-refractivity contribution in [1.29, 1.82) is 0 Å². The quantitative estimate of drug-likeness (QED) is 0.132. The Morgan fingerprint density at radius 2 is 1.00 bits per heavy atom. The summed E-state index contributed by atoms with van der Waals surface area (Å²) in [6.07, 6.45) is 0. The predicted molar refractivity (Wildman–Crippen MR) is 165 cm³/mol. The van der Waals surface area contributed by atoms with Gasteiger partial charge in [-0.2, -0.15) is 0 Å². The summed E-state index contributed by atoms with van der Waals surface area (Å²) in [4.78, 5) is 43.1. The number of halogens is 1. The molecule has 0 heterocycles. The summed E-state index contributed by atoms with van der Waals surface area (Å²) in [5.41, 5.74) is -3.79. The van der Waals surface area contributed by atoms with Gasteiger partial charge in [-0.3, -0.25) is 20.2 Å². The second kappa shape index (κ2) is 12.9. The van der Waals surface area contributed by atoms with E-state index in [9.17, 15) is 61.3 Å². The van der Waals surface area contributed by atoms with E-state index in [4.69, 9.17) is 12.2 Å². The molecular weight excluding hydrogens is 688 g/mol. The minimum Gasteiger partial charge on any atom is -0.478 e. The Kier molecular flexibility index (Phi) is 9.31. The number of nitro groups is 2. The zero-order valence-electron chi connectivity index (χ0n) is 23.0. The molecule has 20 heteroatoms. The zero-order valence-corrected chi connectivity index (χ0v) is 25.5. The van der Waals surface area contributed by atoms with Crippen LogP contribution >= 0.6 is 12.2 Å². The molecule has 4 rings (SSSR count). The molecule has 0 saturated heterocycles. The summed E-state index contributed by atoms with van der Waals surface area (Å²) in [6, 6.07) is 11.9. The van der Waals surface area contributed by atoms with Crippen LogP contribution in [0.25, 0.3) is 0 Å². The number of sulfonamides is 2. The van der Waals surface area contributed by atoms with E-state index in [0.717, 1.165) is 72.8 Å². The summed E-state index contributed by atoms with van der Waals surface area (Å²) in [7, 11) is -10.2. The number of carboxylic acids is 2. The van der Waals surface area contributed by atoms with E-state index in [0.29, 0.717) is 18.2 Å². The number of carbonyl (C=O) groups is 2. The van der Waals surface area contributed by atoms with Crippen LogP contribution in [0.5, 0.6) is 0 Å². The molecule has 16 nitrogen and oxygen atoms in total. The van der Waals surface area contributed by atoms with Crippen molar-refractivity contribution in [3.05, 3.63) is 128 Å². The first-order valence-electron chi connectivity index (χ1n) is 12.5. The Morgan fingerprint density at radius 3 is 1.34 bits per heavy atom. The van der Waals surface area contributed by atoms with Crippen LogP contribution in [0.15, 0.2) is 101 Å². The molecule has 0 amide bonds. The minimum absolute atomic E-state index is 0.120. The van der Waals surface area contributed by atoms with Gasteiger partial charge in [-0.15, -0.1) is 0 Å². The van der Waals surface area contributed by atoms with Gasteiger partial charge in [0.2, 0.25) is 5.11 Å². The maximum absolute atomic E-state index is 14.2. The Labute approximate surface area is 268 Å². The first-order valence-corrected chi connectivity index (χ1v) is 15.7. The molecule has 2 N–H and O–H groups in total. The summed E-state index contributed by atoms with van der Waals surface area (Å²) < 4.78 is 70.9. The van der Waals surface area contributed by atoms with Gasteiger partial charge >= 0.3 is 11.9 Å². The molecule has 0 spiro atoms. The van der Waals surface area contributed by atoms with Crippen molar-refractivity contribution in [3.8, 4) is 0 Å². The molecule has 4 aromatic carbocycles. The van der Waals surface area contributed by atoms with Gasteiger partial charge in [0.15, 0.2) is 0 Å². The Morgan fingerprint density at radius 1 is 0.638 bits per heavy atom. The lowest BCUT2D eigenvalue weighted by atomic mass is 10.1. The van der Waals surface area contributed by atoms with Crippen LogP contribution in [0, 0.1) is 26.0 Å². The van der Waals surface area contributed by atoms with Crippen molar-refractivity contribution in [2.75, 3.05) is 8.61 Å². The van der Waals surface area contributed by atoms with Crippen LogP contribution in [0.3, 0.4) is 0 Å². The lowest BCUT2D eigenvalue weighted by molar-refractivity contribution is -0.385. The lowest BCUT2D eigenvalue weighted by Gasteiger charge is -2.32. The number of anilines is 2. The standard InChI is InChI=1S/C27H17FN4O12S3/c28-18-1-3-19(4-2-18)29(46(41,42)23-9-5-20(6-10-23)31(37)38)27(45)30(22-14-16(25(33)34)13-17(15-22)26(35)36)47(43,44)24-11-7-21(8-12-24)32(39)40/h1-15H,(H,33,34)(H,35,36). The van der Waals surface area contributed by atoms with E-state index in [2.05, 4.69) is 0 Å². The second-order valence-corrected chi connectivity index (χ2v) is 13.1. The maximum Gasteiger partial charge on any atom is 0.335 e. The number of rotatable bonds is 10. The van der Waals surface area contributed by atoms with Gasteiger partial charge in [0, 0.05) is 24.3 Å². The molecule has 242 valence electrons. The van der Waals surface area contributed by atoms with E-state index in [1.807, 2.05) is 0 Å². The SMILES string of the molecule is O=C(O)c1cc(C(=O)O)cc(N(C(=S)N(c2ccc(F)cc2)S(=O)(=O)c2ccc([N+](=O)[O-])cc2)S(=O)(=O)c2ccc([N+](=O)[O-])cc2)c1. The van der Waals surface area contributed by atoms with Gasteiger partial charge < -0.3 is 10.2 Å². The van der Waals surface area contributed by atoms with Gasteiger partial charge in [0.05, 0.1) is 42.1 Å². The van der Waals surface area contributed by atoms with Crippen LogP contribution in [0.1, 0.15) is 20.7 Å².